The van der Waals surface area contributed by atoms with Gasteiger partial charge in [0.1, 0.15) is 0 Å². The van der Waals surface area contributed by atoms with E-state index in [1.54, 1.807) is 6.08 Å². The number of rotatable bonds is 16. The molecule has 0 aliphatic rings. The Morgan fingerprint density at radius 3 is 2.14 bits per heavy atom. The van der Waals surface area contributed by atoms with Crippen molar-refractivity contribution in [2.45, 2.75) is 90.4 Å². The largest absolute Gasteiger partial charge is 0.463 e. The smallest absolute Gasteiger partial charge is 0.330 e. The highest BCUT2D eigenvalue weighted by Gasteiger charge is 1.97. The van der Waals surface area contributed by atoms with Crippen molar-refractivity contribution in [2.75, 3.05) is 11.9 Å². The van der Waals surface area contributed by atoms with Crippen molar-refractivity contribution in [1.29, 1.82) is 0 Å². The van der Waals surface area contributed by atoms with Gasteiger partial charge in [-0.3, -0.25) is 0 Å². The number of esters is 1. The minimum atomic E-state index is -0.176. The highest BCUT2D eigenvalue weighted by atomic mass is 79.9. The molecule has 0 bridgehead atoms. The number of allylic oxidation sites excluding steroid dienone is 1. The lowest BCUT2D eigenvalue weighted by atomic mass is 10.1. The van der Waals surface area contributed by atoms with E-state index in [2.05, 4.69) is 22.9 Å². The zero-order valence-corrected chi connectivity index (χ0v) is 16.0. The number of carbonyl (C=O) groups is 1. The Kier molecular flexibility index (Phi) is 18.5. The molecule has 22 heavy (non-hydrogen) atoms. The van der Waals surface area contributed by atoms with Crippen LogP contribution in [0.1, 0.15) is 90.4 Å². The minimum Gasteiger partial charge on any atom is -0.463 e. The van der Waals surface area contributed by atoms with Gasteiger partial charge in [0.05, 0.1) is 6.61 Å². The van der Waals surface area contributed by atoms with Gasteiger partial charge in [-0.1, -0.05) is 86.7 Å². The first-order chi connectivity index (χ1) is 10.8. The molecule has 130 valence electrons. The van der Waals surface area contributed by atoms with Crippen LogP contribution in [0.15, 0.2) is 12.2 Å². The maximum atomic E-state index is 11.5. The highest BCUT2D eigenvalue weighted by molar-refractivity contribution is 9.09. The van der Waals surface area contributed by atoms with Gasteiger partial charge in [-0.25, -0.2) is 4.79 Å². The molecule has 0 heterocycles. The monoisotopic (exact) mass is 374 g/mol. The molecular formula is C19H35BrO2. The van der Waals surface area contributed by atoms with Crippen molar-refractivity contribution in [3.63, 3.8) is 0 Å². The van der Waals surface area contributed by atoms with Crippen LogP contribution in [-0.4, -0.2) is 17.9 Å². The van der Waals surface area contributed by atoms with E-state index in [0.29, 0.717) is 6.61 Å². The molecule has 0 amide bonds. The average Bonchev–Trinajstić information content (AvgIpc) is 2.52. The summed E-state index contributed by atoms with van der Waals surface area (Å²) in [6, 6.07) is 0. The molecule has 2 nitrogen and oxygen atoms in total. The molecule has 0 aromatic heterocycles. The molecular weight excluding hydrogens is 340 g/mol. The third-order valence-electron chi connectivity index (χ3n) is 3.75. The Hall–Kier alpha value is -0.310. The van der Waals surface area contributed by atoms with Crippen molar-refractivity contribution < 1.29 is 9.53 Å². The molecule has 0 spiro atoms. The highest BCUT2D eigenvalue weighted by Crippen LogP contribution is 2.08. The quantitative estimate of drug-likeness (QED) is 0.132. The topological polar surface area (TPSA) is 26.3 Å². The second-order valence-electron chi connectivity index (χ2n) is 5.94. The zero-order chi connectivity index (χ0) is 16.3. The van der Waals surface area contributed by atoms with Crippen LogP contribution in [-0.2, 0) is 9.53 Å². The number of unbranched alkanes of at least 4 members (excludes halogenated alkanes) is 11. The fraction of sp³-hybridized carbons (Fsp3) is 0.842. The van der Waals surface area contributed by atoms with Gasteiger partial charge in [-0.15, -0.1) is 0 Å². The maximum Gasteiger partial charge on any atom is 0.330 e. The fourth-order valence-corrected chi connectivity index (χ4v) is 2.74. The summed E-state index contributed by atoms with van der Waals surface area (Å²) in [5.74, 6) is -0.176. The van der Waals surface area contributed by atoms with E-state index in [4.69, 9.17) is 4.74 Å². The Labute approximate surface area is 146 Å². The van der Waals surface area contributed by atoms with Crippen LogP contribution in [0.25, 0.3) is 0 Å². The van der Waals surface area contributed by atoms with Gasteiger partial charge in [0.25, 0.3) is 0 Å². The number of hydrogen-bond donors (Lipinski definition) is 0. The summed E-state index contributed by atoms with van der Waals surface area (Å²) in [6.07, 6.45) is 19.6. The lowest BCUT2D eigenvalue weighted by molar-refractivity contribution is -0.137. The van der Waals surface area contributed by atoms with Crippen molar-refractivity contribution in [3.05, 3.63) is 12.2 Å². The first-order valence-corrected chi connectivity index (χ1v) is 10.3. The van der Waals surface area contributed by atoms with E-state index in [-0.39, 0.29) is 5.97 Å². The van der Waals surface area contributed by atoms with Crippen LogP contribution in [0.5, 0.6) is 0 Å². The summed E-state index contributed by atoms with van der Waals surface area (Å²) in [5, 5.41) is 1.11. The molecule has 0 saturated heterocycles. The molecule has 0 unspecified atom stereocenters. The number of halogens is 1. The normalized spacial score (nSPS) is 11.2. The summed E-state index contributed by atoms with van der Waals surface area (Å²) in [4.78, 5) is 11.5. The predicted octanol–water partition coefficient (Wildman–Crippen LogP) is 6.57. The van der Waals surface area contributed by atoms with Crippen LogP contribution in [0.4, 0.5) is 0 Å². The van der Waals surface area contributed by atoms with Gasteiger partial charge in [-0.2, -0.15) is 0 Å². The summed E-state index contributed by atoms with van der Waals surface area (Å²) in [5.41, 5.74) is 0. The van der Waals surface area contributed by atoms with Crippen molar-refractivity contribution in [3.8, 4) is 0 Å². The third kappa shape index (κ3) is 17.7. The van der Waals surface area contributed by atoms with Gasteiger partial charge < -0.3 is 4.74 Å². The van der Waals surface area contributed by atoms with Gasteiger partial charge in [0.2, 0.25) is 0 Å². The maximum absolute atomic E-state index is 11.5. The fourth-order valence-electron chi connectivity index (χ4n) is 2.35. The Morgan fingerprint density at radius 1 is 0.864 bits per heavy atom. The van der Waals surface area contributed by atoms with Gasteiger partial charge in [0.15, 0.2) is 0 Å². The van der Waals surface area contributed by atoms with E-state index in [1.165, 1.54) is 64.2 Å². The molecule has 0 rings (SSSR count). The summed E-state index contributed by atoms with van der Waals surface area (Å²) >= 11 is 3.44. The van der Waals surface area contributed by atoms with E-state index in [1.807, 2.05) is 6.08 Å². The molecule has 3 heteroatoms. The van der Waals surface area contributed by atoms with Gasteiger partial charge >= 0.3 is 5.97 Å². The number of ether oxygens (including phenoxy) is 1. The molecule has 0 aliphatic heterocycles. The van der Waals surface area contributed by atoms with E-state index >= 15 is 0 Å². The third-order valence-corrected chi connectivity index (χ3v) is 4.31. The molecule has 0 aliphatic carbocycles. The van der Waals surface area contributed by atoms with Crippen LogP contribution in [0, 0.1) is 0 Å². The van der Waals surface area contributed by atoms with Crippen LogP contribution < -0.4 is 0 Å². The van der Waals surface area contributed by atoms with E-state index < -0.39 is 0 Å². The lowest BCUT2D eigenvalue weighted by Crippen LogP contribution is -2.02. The number of hydrogen-bond acceptors (Lipinski definition) is 2. The average molecular weight is 375 g/mol. The van der Waals surface area contributed by atoms with Crippen molar-refractivity contribution >= 4 is 21.9 Å². The standard InChI is InChI=1S/C19H35BrO2/c1-2-3-4-5-6-7-10-13-16-19(21)22-18-15-12-9-8-11-14-17-20/h13,16H,2-12,14-15,17-18H2,1H3/b16-13+. The van der Waals surface area contributed by atoms with E-state index in [0.717, 1.165) is 24.6 Å². The number of carbonyl (C=O) groups excluding carboxylic acids is 1. The number of alkyl halides is 1. The SMILES string of the molecule is CCCCCCCC/C=C/C(=O)OCCCCCCCCBr. The predicted molar refractivity (Wildman–Crippen MR) is 99.6 cm³/mol. The molecule has 0 saturated carbocycles. The van der Waals surface area contributed by atoms with Gasteiger partial charge in [-0.05, 0) is 25.7 Å². The lowest BCUT2D eigenvalue weighted by Gasteiger charge is -2.02. The summed E-state index contributed by atoms with van der Waals surface area (Å²) in [7, 11) is 0. The van der Waals surface area contributed by atoms with Crippen LogP contribution in [0.3, 0.4) is 0 Å². The molecule has 0 aromatic carbocycles. The van der Waals surface area contributed by atoms with Crippen molar-refractivity contribution in [1.82, 2.24) is 0 Å². The summed E-state index contributed by atoms with van der Waals surface area (Å²) < 4.78 is 5.20. The van der Waals surface area contributed by atoms with Crippen LogP contribution >= 0.6 is 15.9 Å². The second kappa shape index (κ2) is 18.7. The molecule has 0 aromatic rings. The minimum absolute atomic E-state index is 0.176. The summed E-state index contributed by atoms with van der Waals surface area (Å²) in [6.45, 7) is 2.80. The first-order valence-electron chi connectivity index (χ1n) is 9.20. The zero-order valence-electron chi connectivity index (χ0n) is 14.5. The molecule has 0 atom stereocenters. The van der Waals surface area contributed by atoms with Crippen molar-refractivity contribution in [2.24, 2.45) is 0 Å². The molecule has 0 radical (unpaired) electrons. The molecule has 0 fully saturated rings. The van der Waals surface area contributed by atoms with Crippen LogP contribution in [0.2, 0.25) is 0 Å². The Morgan fingerprint density at radius 2 is 1.45 bits per heavy atom. The van der Waals surface area contributed by atoms with Gasteiger partial charge in [0, 0.05) is 11.4 Å². The Bertz CT molecular complexity index is 264. The molecule has 0 N–H and O–H groups in total. The first kappa shape index (κ1) is 21.7. The van der Waals surface area contributed by atoms with E-state index in [9.17, 15) is 4.79 Å². The Balaban J connectivity index is 3.26. The second-order valence-corrected chi connectivity index (χ2v) is 6.73.